The monoisotopic (exact) mass is 316 g/mol. The molecule has 2 unspecified atom stereocenters. The Morgan fingerprint density at radius 3 is 2.91 bits per heavy atom. The molecular formula is C15H20N6O2. The predicted octanol–water partition coefficient (Wildman–Crippen LogP) is 1.26. The largest absolute Gasteiger partial charge is 0.477 e. The SMILES string of the molecule is CCOc1cncc(N2CCC(C3CC3)C2c2n[nH]c(=O)[nH]2)n1. The maximum absolute atomic E-state index is 11.5. The number of H-pyrrole nitrogens is 2. The molecule has 0 bridgehead atoms. The standard InChI is InChI=1S/C15H20N6O2/c1-2-23-12-8-16-7-11(17-12)21-6-5-10(9-3-4-9)13(21)14-18-15(22)20-19-14/h7-10,13H,2-6H2,1H3,(H2,18,19,20,22). The molecule has 8 heteroatoms. The van der Waals surface area contributed by atoms with Crippen LogP contribution >= 0.6 is 0 Å². The predicted molar refractivity (Wildman–Crippen MR) is 83.3 cm³/mol. The minimum absolute atomic E-state index is 0.0348. The summed E-state index contributed by atoms with van der Waals surface area (Å²) in [7, 11) is 0. The Labute approximate surface area is 133 Å². The van der Waals surface area contributed by atoms with E-state index in [0.717, 1.165) is 18.8 Å². The van der Waals surface area contributed by atoms with E-state index in [9.17, 15) is 4.79 Å². The van der Waals surface area contributed by atoms with Gasteiger partial charge in [-0.15, -0.1) is 0 Å². The molecule has 1 aliphatic carbocycles. The molecule has 0 amide bonds. The molecule has 2 aromatic rings. The third kappa shape index (κ3) is 2.69. The van der Waals surface area contributed by atoms with Crippen molar-refractivity contribution in [3.63, 3.8) is 0 Å². The van der Waals surface area contributed by atoms with E-state index >= 15 is 0 Å². The third-order valence-electron chi connectivity index (χ3n) is 4.66. The van der Waals surface area contributed by atoms with E-state index in [1.165, 1.54) is 12.8 Å². The fraction of sp³-hybridized carbons (Fsp3) is 0.600. The van der Waals surface area contributed by atoms with Crippen LogP contribution in [0.5, 0.6) is 5.88 Å². The Bertz CT molecular complexity index is 737. The van der Waals surface area contributed by atoms with E-state index < -0.39 is 0 Å². The summed E-state index contributed by atoms with van der Waals surface area (Å²) in [4.78, 5) is 25.3. The molecule has 2 aliphatic rings. The van der Waals surface area contributed by atoms with E-state index in [0.29, 0.717) is 30.1 Å². The second kappa shape index (κ2) is 5.68. The van der Waals surface area contributed by atoms with Crippen LogP contribution < -0.4 is 15.3 Å². The zero-order valence-electron chi connectivity index (χ0n) is 13.0. The molecule has 4 rings (SSSR count). The summed E-state index contributed by atoms with van der Waals surface area (Å²) in [6, 6.07) is 0.0348. The molecule has 1 aliphatic heterocycles. The van der Waals surface area contributed by atoms with Crippen molar-refractivity contribution in [1.29, 1.82) is 0 Å². The van der Waals surface area contributed by atoms with Crippen LogP contribution in [-0.4, -0.2) is 38.3 Å². The Balaban J connectivity index is 1.68. The summed E-state index contributed by atoms with van der Waals surface area (Å²) in [5.74, 6) is 3.19. The smallest absolute Gasteiger partial charge is 0.340 e. The first-order chi connectivity index (χ1) is 11.3. The topological polar surface area (TPSA) is 99.8 Å². The van der Waals surface area contributed by atoms with Crippen molar-refractivity contribution in [2.75, 3.05) is 18.1 Å². The van der Waals surface area contributed by atoms with Gasteiger partial charge in [0.2, 0.25) is 5.88 Å². The van der Waals surface area contributed by atoms with Crippen molar-refractivity contribution in [1.82, 2.24) is 25.1 Å². The molecule has 23 heavy (non-hydrogen) atoms. The molecule has 2 N–H and O–H groups in total. The number of hydrogen-bond acceptors (Lipinski definition) is 6. The number of rotatable bonds is 5. The van der Waals surface area contributed by atoms with Gasteiger partial charge in [0, 0.05) is 6.54 Å². The molecule has 3 heterocycles. The van der Waals surface area contributed by atoms with E-state index in [2.05, 4.69) is 30.0 Å². The molecule has 0 spiro atoms. The van der Waals surface area contributed by atoms with Gasteiger partial charge in [-0.2, -0.15) is 10.1 Å². The van der Waals surface area contributed by atoms with Crippen molar-refractivity contribution in [3.05, 3.63) is 28.7 Å². The maximum Gasteiger partial charge on any atom is 0.340 e. The van der Waals surface area contributed by atoms with Crippen LogP contribution in [0.4, 0.5) is 5.82 Å². The first-order valence-corrected chi connectivity index (χ1v) is 8.12. The van der Waals surface area contributed by atoms with Crippen molar-refractivity contribution >= 4 is 5.82 Å². The summed E-state index contributed by atoms with van der Waals surface area (Å²) in [6.45, 7) is 3.36. The van der Waals surface area contributed by atoms with Gasteiger partial charge in [0.25, 0.3) is 0 Å². The number of aromatic nitrogens is 5. The Morgan fingerprint density at radius 2 is 2.22 bits per heavy atom. The molecule has 1 saturated carbocycles. The quantitative estimate of drug-likeness (QED) is 0.861. The summed E-state index contributed by atoms with van der Waals surface area (Å²) < 4.78 is 5.46. The third-order valence-corrected chi connectivity index (χ3v) is 4.66. The summed E-state index contributed by atoms with van der Waals surface area (Å²) in [5, 5.41) is 6.66. The normalized spacial score (nSPS) is 24.1. The lowest BCUT2D eigenvalue weighted by molar-refractivity contribution is 0.325. The van der Waals surface area contributed by atoms with Gasteiger partial charge in [0.15, 0.2) is 11.6 Å². The number of aromatic amines is 2. The maximum atomic E-state index is 11.5. The first-order valence-electron chi connectivity index (χ1n) is 8.12. The van der Waals surface area contributed by atoms with Crippen LogP contribution in [0.2, 0.25) is 0 Å². The van der Waals surface area contributed by atoms with E-state index in [1.807, 2.05) is 6.92 Å². The van der Waals surface area contributed by atoms with Gasteiger partial charge in [-0.05, 0) is 38.0 Å². The molecule has 8 nitrogen and oxygen atoms in total. The number of nitrogens with zero attached hydrogens (tertiary/aromatic N) is 4. The van der Waals surface area contributed by atoms with Gasteiger partial charge >= 0.3 is 5.69 Å². The highest BCUT2D eigenvalue weighted by Gasteiger charge is 2.45. The number of hydrogen-bond donors (Lipinski definition) is 2. The van der Waals surface area contributed by atoms with Gasteiger partial charge in [-0.3, -0.25) is 9.97 Å². The fourth-order valence-corrected chi connectivity index (χ4v) is 3.56. The van der Waals surface area contributed by atoms with Crippen LogP contribution in [0.3, 0.4) is 0 Å². The van der Waals surface area contributed by atoms with Gasteiger partial charge in [0.05, 0.1) is 25.0 Å². The van der Waals surface area contributed by atoms with Crippen molar-refractivity contribution < 1.29 is 4.74 Å². The molecular weight excluding hydrogens is 296 g/mol. The average molecular weight is 316 g/mol. The molecule has 0 aromatic carbocycles. The number of anilines is 1. The van der Waals surface area contributed by atoms with Crippen LogP contribution in [-0.2, 0) is 0 Å². The minimum atomic E-state index is -0.268. The van der Waals surface area contributed by atoms with E-state index in [4.69, 9.17) is 4.74 Å². The molecule has 0 radical (unpaired) electrons. The van der Waals surface area contributed by atoms with Gasteiger partial charge in [-0.1, -0.05) is 0 Å². The van der Waals surface area contributed by atoms with Crippen molar-refractivity contribution in [3.8, 4) is 5.88 Å². The van der Waals surface area contributed by atoms with Crippen molar-refractivity contribution in [2.24, 2.45) is 11.8 Å². The van der Waals surface area contributed by atoms with Gasteiger partial charge in [0.1, 0.15) is 0 Å². The highest BCUT2D eigenvalue weighted by atomic mass is 16.5. The summed E-state index contributed by atoms with van der Waals surface area (Å²) in [6.07, 6.45) is 6.95. The highest BCUT2D eigenvalue weighted by molar-refractivity contribution is 5.42. The Kier molecular flexibility index (Phi) is 3.51. The highest BCUT2D eigenvalue weighted by Crippen LogP contribution is 2.50. The lowest BCUT2D eigenvalue weighted by Gasteiger charge is -2.27. The van der Waals surface area contributed by atoms with Crippen LogP contribution in [0.1, 0.15) is 38.1 Å². The minimum Gasteiger partial charge on any atom is -0.477 e. The zero-order chi connectivity index (χ0) is 15.8. The Morgan fingerprint density at radius 1 is 1.35 bits per heavy atom. The van der Waals surface area contributed by atoms with Crippen LogP contribution in [0.15, 0.2) is 17.2 Å². The van der Waals surface area contributed by atoms with Gasteiger partial charge < -0.3 is 9.64 Å². The number of nitrogens with one attached hydrogen (secondary N) is 2. The zero-order valence-corrected chi connectivity index (χ0v) is 13.0. The second-order valence-electron chi connectivity index (χ2n) is 6.14. The molecule has 1 saturated heterocycles. The fourth-order valence-electron chi connectivity index (χ4n) is 3.56. The Hall–Kier alpha value is -2.38. The van der Waals surface area contributed by atoms with E-state index in [1.54, 1.807) is 12.4 Å². The molecule has 2 atom stereocenters. The molecule has 2 fully saturated rings. The molecule has 122 valence electrons. The first kappa shape index (κ1) is 14.2. The second-order valence-corrected chi connectivity index (χ2v) is 6.14. The lowest BCUT2D eigenvalue weighted by atomic mass is 9.94. The summed E-state index contributed by atoms with van der Waals surface area (Å²) >= 11 is 0. The lowest BCUT2D eigenvalue weighted by Crippen LogP contribution is -2.28. The van der Waals surface area contributed by atoms with E-state index in [-0.39, 0.29) is 11.7 Å². The average Bonchev–Trinajstić information content (AvgIpc) is 3.15. The number of ether oxygens (including phenoxy) is 1. The van der Waals surface area contributed by atoms with Gasteiger partial charge in [-0.25, -0.2) is 9.89 Å². The van der Waals surface area contributed by atoms with Crippen LogP contribution in [0.25, 0.3) is 0 Å². The van der Waals surface area contributed by atoms with Crippen molar-refractivity contribution in [2.45, 2.75) is 32.2 Å². The molecule has 2 aromatic heterocycles. The summed E-state index contributed by atoms with van der Waals surface area (Å²) in [5.41, 5.74) is -0.268. The van der Waals surface area contributed by atoms with Crippen LogP contribution in [0, 0.1) is 11.8 Å².